The lowest BCUT2D eigenvalue weighted by molar-refractivity contribution is -0.175. The van der Waals surface area contributed by atoms with E-state index in [1.165, 1.54) is 0 Å². The molecule has 0 saturated carbocycles. The fourth-order valence-electron chi connectivity index (χ4n) is 0.756. The molecule has 1 nitrogen and oxygen atoms in total. The van der Waals surface area contributed by atoms with Gasteiger partial charge in [-0.2, -0.15) is 13.2 Å². The summed E-state index contributed by atoms with van der Waals surface area (Å²) in [7, 11) is 0. The van der Waals surface area contributed by atoms with Gasteiger partial charge < -0.3 is 0 Å². The van der Waals surface area contributed by atoms with Gasteiger partial charge in [0.05, 0.1) is 5.92 Å². The van der Waals surface area contributed by atoms with E-state index in [1.54, 1.807) is 0 Å². The number of halogens is 3. The van der Waals surface area contributed by atoms with Crippen LogP contribution in [0.2, 0.25) is 0 Å². The number of alkyl halides is 3. The Morgan fingerprint density at radius 1 is 1.64 bits per heavy atom. The highest BCUT2D eigenvalue weighted by Crippen LogP contribution is 2.40. The van der Waals surface area contributed by atoms with E-state index >= 15 is 0 Å². The third kappa shape index (κ3) is 1.69. The molecule has 11 heavy (non-hydrogen) atoms. The summed E-state index contributed by atoms with van der Waals surface area (Å²) in [4.78, 5) is 10.5. The molecule has 1 heterocycles. The van der Waals surface area contributed by atoms with Crippen LogP contribution >= 0.6 is 11.8 Å². The highest BCUT2D eigenvalue weighted by molar-refractivity contribution is 8.15. The van der Waals surface area contributed by atoms with Gasteiger partial charge in [-0.15, -0.1) is 0 Å². The van der Waals surface area contributed by atoms with Crippen LogP contribution in [-0.2, 0) is 4.79 Å². The van der Waals surface area contributed by atoms with Gasteiger partial charge in [0.2, 0.25) is 0 Å². The minimum absolute atomic E-state index is 0.256. The summed E-state index contributed by atoms with van der Waals surface area (Å²) in [5.74, 6) is -2.37. The van der Waals surface area contributed by atoms with Crippen LogP contribution in [-0.4, -0.2) is 17.0 Å². The zero-order valence-corrected chi connectivity index (χ0v) is 6.34. The summed E-state index contributed by atoms with van der Waals surface area (Å²) in [6, 6.07) is 0. The molecular weight excluding hydrogens is 177 g/mol. The maximum absolute atomic E-state index is 11.9. The van der Waals surface area contributed by atoms with Crippen molar-refractivity contribution in [3.05, 3.63) is 6.92 Å². The van der Waals surface area contributed by atoms with E-state index in [2.05, 4.69) is 6.92 Å². The third-order valence-electron chi connectivity index (χ3n) is 1.61. The molecule has 1 saturated heterocycles. The third-order valence-corrected chi connectivity index (χ3v) is 2.73. The maximum atomic E-state index is 11.9. The van der Waals surface area contributed by atoms with E-state index in [-0.39, 0.29) is 10.9 Å². The second kappa shape index (κ2) is 2.69. The molecule has 2 atom stereocenters. The summed E-state index contributed by atoms with van der Waals surface area (Å²) in [6.07, 6.45) is -4.33. The van der Waals surface area contributed by atoms with Crippen molar-refractivity contribution in [2.75, 3.05) is 5.75 Å². The second-order valence-corrected chi connectivity index (χ2v) is 3.41. The Kier molecular flexibility index (Phi) is 2.18. The van der Waals surface area contributed by atoms with Crippen LogP contribution in [0.5, 0.6) is 0 Å². The Morgan fingerprint density at radius 2 is 2.18 bits per heavy atom. The van der Waals surface area contributed by atoms with Gasteiger partial charge in [-0.3, -0.25) is 4.79 Å². The minimum atomic E-state index is -4.33. The van der Waals surface area contributed by atoms with Crippen LogP contribution in [0.3, 0.4) is 0 Å². The molecule has 2 unspecified atom stereocenters. The summed E-state index contributed by atoms with van der Waals surface area (Å²) in [5.41, 5.74) is 0. The summed E-state index contributed by atoms with van der Waals surface area (Å²) >= 11 is 0.934. The lowest BCUT2D eigenvalue weighted by Crippen LogP contribution is -2.39. The molecule has 1 aliphatic heterocycles. The monoisotopic (exact) mass is 183 g/mol. The highest BCUT2D eigenvalue weighted by atomic mass is 32.2. The molecule has 63 valence electrons. The van der Waals surface area contributed by atoms with Gasteiger partial charge >= 0.3 is 6.18 Å². The van der Waals surface area contributed by atoms with Gasteiger partial charge in [0, 0.05) is 11.7 Å². The standard InChI is InChI=1S/C6H6F3OS/c1-3(6(7,8)9)4-2-11-5(4)10/h3-4H,1-2H2. The first-order valence-electron chi connectivity index (χ1n) is 2.99. The van der Waals surface area contributed by atoms with Gasteiger partial charge in [-0.25, -0.2) is 0 Å². The zero-order chi connectivity index (χ0) is 8.65. The molecule has 0 aromatic heterocycles. The quantitative estimate of drug-likeness (QED) is 0.617. The van der Waals surface area contributed by atoms with Crippen molar-refractivity contribution in [2.45, 2.75) is 6.18 Å². The molecule has 1 aliphatic rings. The molecule has 5 heteroatoms. The SMILES string of the molecule is [CH2]C(C1CSC1=O)C(F)(F)F. The first-order chi connectivity index (χ1) is 4.93. The topological polar surface area (TPSA) is 17.1 Å². The summed E-state index contributed by atoms with van der Waals surface area (Å²) < 4.78 is 35.6. The number of hydrogen-bond donors (Lipinski definition) is 0. The number of carbonyl (C=O) groups is 1. The van der Waals surface area contributed by atoms with E-state index in [4.69, 9.17) is 0 Å². The smallest absolute Gasteiger partial charge is 0.287 e. The molecule has 1 rings (SSSR count). The van der Waals surface area contributed by atoms with Crippen LogP contribution < -0.4 is 0 Å². The number of rotatable bonds is 1. The molecule has 0 bridgehead atoms. The van der Waals surface area contributed by atoms with Crippen molar-refractivity contribution < 1.29 is 18.0 Å². The van der Waals surface area contributed by atoms with Crippen LogP contribution in [0.4, 0.5) is 13.2 Å². The lowest BCUT2D eigenvalue weighted by atomic mass is 9.96. The van der Waals surface area contributed by atoms with Crippen molar-refractivity contribution >= 4 is 16.9 Å². The van der Waals surface area contributed by atoms with Crippen molar-refractivity contribution in [2.24, 2.45) is 11.8 Å². The van der Waals surface area contributed by atoms with Crippen molar-refractivity contribution in [1.82, 2.24) is 0 Å². The van der Waals surface area contributed by atoms with Gasteiger partial charge in [-0.1, -0.05) is 11.8 Å². The fourth-order valence-corrected chi connectivity index (χ4v) is 1.65. The molecule has 0 aliphatic carbocycles. The van der Waals surface area contributed by atoms with Gasteiger partial charge in [0.15, 0.2) is 5.12 Å². The molecule has 0 amide bonds. The number of carbonyl (C=O) groups excluding carboxylic acids is 1. The molecular formula is C6H6F3OS. The average molecular weight is 183 g/mol. The molecule has 0 aromatic carbocycles. The highest BCUT2D eigenvalue weighted by Gasteiger charge is 2.47. The predicted octanol–water partition coefficient (Wildman–Crippen LogP) is 1.89. The molecule has 0 aromatic rings. The van der Waals surface area contributed by atoms with Gasteiger partial charge in [-0.05, 0) is 6.92 Å². The lowest BCUT2D eigenvalue weighted by Gasteiger charge is -2.29. The molecule has 1 fully saturated rings. The summed E-state index contributed by atoms with van der Waals surface area (Å²) in [6.45, 7) is 2.92. The Bertz CT molecular complexity index is 177. The largest absolute Gasteiger partial charge is 0.392 e. The Labute approximate surface area is 66.3 Å². The first-order valence-corrected chi connectivity index (χ1v) is 3.98. The molecule has 0 N–H and O–H groups in total. The zero-order valence-electron chi connectivity index (χ0n) is 5.52. The Hall–Kier alpha value is -0.190. The van der Waals surface area contributed by atoms with E-state index < -0.39 is 18.0 Å². The fraction of sp³-hybridized carbons (Fsp3) is 0.667. The summed E-state index contributed by atoms with van der Waals surface area (Å²) in [5, 5.41) is -0.387. The van der Waals surface area contributed by atoms with Crippen molar-refractivity contribution in [3.8, 4) is 0 Å². The Balaban J connectivity index is 2.54. The van der Waals surface area contributed by atoms with Crippen LogP contribution in [0, 0.1) is 18.8 Å². The van der Waals surface area contributed by atoms with Crippen LogP contribution in [0.15, 0.2) is 0 Å². The normalized spacial score (nSPS) is 28.0. The van der Waals surface area contributed by atoms with Gasteiger partial charge in [0.1, 0.15) is 0 Å². The van der Waals surface area contributed by atoms with Crippen molar-refractivity contribution in [3.63, 3.8) is 0 Å². The predicted molar refractivity (Wildman–Crippen MR) is 35.9 cm³/mol. The Morgan fingerprint density at radius 3 is 2.27 bits per heavy atom. The van der Waals surface area contributed by atoms with E-state index in [0.717, 1.165) is 11.8 Å². The van der Waals surface area contributed by atoms with Crippen LogP contribution in [0.1, 0.15) is 0 Å². The van der Waals surface area contributed by atoms with Gasteiger partial charge in [0.25, 0.3) is 0 Å². The van der Waals surface area contributed by atoms with E-state index in [1.807, 2.05) is 0 Å². The van der Waals surface area contributed by atoms with E-state index in [0.29, 0.717) is 0 Å². The number of thioether (sulfide) groups is 1. The molecule has 0 spiro atoms. The van der Waals surface area contributed by atoms with E-state index in [9.17, 15) is 18.0 Å². The average Bonchev–Trinajstić information content (AvgIpc) is 1.83. The first kappa shape index (κ1) is 8.90. The number of hydrogen-bond acceptors (Lipinski definition) is 2. The maximum Gasteiger partial charge on any atom is 0.392 e. The molecule has 1 radical (unpaired) electrons. The van der Waals surface area contributed by atoms with Crippen LogP contribution in [0.25, 0.3) is 0 Å². The second-order valence-electron chi connectivity index (χ2n) is 2.38. The van der Waals surface area contributed by atoms with Crippen molar-refractivity contribution in [1.29, 1.82) is 0 Å². The minimum Gasteiger partial charge on any atom is -0.287 e.